The molecule has 5 heteroatoms. The smallest absolute Gasteiger partial charge is 0.311 e. The predicted molar refractivity (Wildman–Crippen MR) is 82.3 cm³/mol. The predicted octanol–water partition coefficient (Wildman–Crippen LogP) is 3.26. The van der Waals surface area contributed by atoms with E-state index in [9.17, 15) is 4.79 Å². The molecule has 1 aliphatic carbocycles. The summed E-state index contributed by atoms with van der Waals surface area (Å²) in [6.45, 7) is 7.82. The van der Waals surface area contributed by atoms with Gasteiger partial charge in [-0.15, -0.1) is 11.3 Å². The number of rotatable bonds is 8. The number of ether oxygens (including phenoxy) is 1. The van der Waals surface area contributed by atoms with Gasteiger partial charge in [-0.25, -0.2) is 4.98 Å². The average molecular weight is 296 g/mol. The number of carbonyl (C=O) groups is 1. The summed E-state index contributed by atoms with van der Waals surface area (Å²) in [5, 5.41) is 3.05. The lowest BCUT2D eigenvalue weighted by Crippen LogP contribution is -2.27. The van der Waals surface area contributed by atoms with E-state index in [2.05, 4.69) is 23.7 Å². The summed E-state index contributed by atoms with van der Waals surface area (Å²) in [5.41, 5.74) is 0.832. The normalized spacial score (nSPS) is 14.6. The number of thiazole rings is 1. The van der Waals surface area contributed by atoms with E-state index in [0.717, 1.165) is 17.4 Å². The van der Waals surface area contributed by atoms with Crippen molar-refractivity contribution in [3.8, 4) is 0 Å². The molecule has 0 spiro atoms. The zero-order valence-corrected chi connectivity index (χ0v) is 13.4. The van der Waals surface area contributed by atoms with Crippen molar-refractivity contribution >= 4 is 22.4 Å². The molecule has 1 heterocycles. The van der Waals surface area contributed by atoms with Gasteiger partial charge in [0, 0.05) is 18.0 Å². The maximum Gasteiger partial charge on any atom is 0.311 e. The third-order valence-corrected chi connectivity index (χ3v) is 4.28. The minimum atomic E-state index is -0.190. The molecule has 0 unspecified atom stereocenters. The molecule has 0 N–H and O–H groups in total. The fraction of sp³-hybridized carbons (Fsp3) is 0.733. The monoisotopic (exact) mass is 296 g/mol. The van der Waals surface area contributed by atoms with Gasteiger partial charge in [-0.05, 0) is 32.1 Å². The Morgan fingerprint density at radius 2 is 2.30 bits per heavy atom. The van der Waals surface area contributed by atoms with Crippen LogP contribution in [0.2, 0.25) is 0 Å². The molecule has 1 saturated carbocycles. The highest BCUT2D eigenvalue weighted by atomic mass is 32.1. The molecule has 1 aromatic rings. The summed E-state index contributed by atoms with van der Waals surface area (Å²) in [6, 6.07) is 0.662. The number of aromatic nitrogens is 1. The van der Waals surface area contributed by atoms with Crippen LogP contribution in [-0.4, -0.2) is 30.1 Å². The van der Waals surface area contributed by atoms with E-state index in [1.807, 2.05) is 12.3 Å². The molecule has 2 rings (SSSR count). The van der Waals surface area contributed by atoms with Crippen LogP contribution in [0, 0.1) is 5.92 Å². The minimum absolute atomic E-state index is 0.190. The van der Waals surface area contributed by atoms with E-state index in [1.54, 1.807) is 11.3 Å². The van der Waals surface area contributed by atoms with Crippen LogP contribution in [-0.2, 0) is 16.0 Å². The quantitative estimate of drug-likeness (QED) is 0.691. The lowest BCUT2D eigenvalue weighted by Gasteiger charge is -2.22. The summed E-state index contributed by atoms with van der Waals surface area (Å²) >= 11 is 1.64. The SMILES string of the molecule is CCOC(=O)Cc1csc(N(CCC(C)C)C2CC2)n1. The largest absolute Gasteiger partial charge is 0.466 e. The van der Waals surface area contributed by atoms with Crippen LogP contribution in [0.15, 0.2) is 5.38 Å². The second-order valence-corrected chi connectivity index (χ2v) is 6.55. The zero-order valence-electron chi connectivity index (χ0n) is 12.6. The Balaban J connectivity index is 1.95. The molecule has 1 aromatic heterocycles. The molecule has 1 fully saturated rings. The molecule has 0 bridgehead atoms. The first kappa shape index (κ1) is 15.3. The van der Waals surface area contributed by atoms with Gasteiger partial charge in [0.15, 0.2) is 5.13 Å². The van der Waals surface area contributed by atoms with Crippen LogP contribution in [0.1, 0.15) is 45.7 Å². The molecule has 112 valence electrons. The maximum atomic E-state index is 11.5. The lowest BCUT2D eigenvalue weighted by atomic mass is 10.1. The molecule has 0 atom stereocenters. The Bertz CT molecular complexity index is 441. The molecule has 0 aliphatic heterocycles. The first-order valence-electron chi connectivity index (χ1n) is 7.46. The molecule has 4 nitrogen and oxygen atoms in total. The Kier molecular flexibility index (Phi) is 5.40. The van der Waals surface area contributed by atoms with Crippen LogP contribution in [0.3, 0.4) is 0 Å². The maximum absolute atomic E-state index is 11.5. The second kappa shape index (κ2) is 7.07. The highest BCUT2D eigenvalue weighted by Crippen LogP contribution is 2.34. The Hall–Kier alpha value is -1.10. The van der Waals surface area contributed by atoms with Crippen molar-refractivity contribution in [1.29, 1.82) is 0 Å². The van der Waals surface area contributed by atoms with Crippen molar-refractivity contribution in [3.05, 3.63) is 11.1 Å². The second-order valence-electron chi connectivity index (χ2n) is 5.71. The van der Waals surface area contributed by atoms with Gasteiger partial charge in [-0.2, -0.15) is 0 Å². The lowest BCUT2D eigenvalue weighted by molar-refractivity contribution is -0.142. The fourth-order valence-electron chi connectivity index (χ4n) is 2.09. The molecular formula is C15H24N2O2S. The molecule has 0 saturated heterocycles. The third kappa shape index (κ3) is 4.47. The molecule has 0 aromatic carbocycles. The number of nitrogens with zero attached hydrogens (tertiary/aromatic N) is 2. The van der Waals surface area contributed by atoms with E-state index < -0.39 is 0 Å². The highest BCUT2D eigenvalue weighted by molar-refractivity contribution is 7.13. The molecule has 0 radical (unpaired) electrons. The fourth-order valence-corrected chi connectivity index (χ4v) is 3.01. The van der Waals surface area contributed by atoms with Crippen LogP contribution in [0.5, 0.6) is 0 Å². The van der Waals surface area contributed by atoms with Crippen LogP contribution in [0.25, 0.3) is 0 Å². The van der Waals surface area contributed by atoms with E-state index in [0.29, 0.717) is 18.6 Å². The highest BCUT2D eigenvalue weighted by Gasteiger charge is 2.30. The Labute approximate surface area is 125 Å². The Morgan fingerprint density at radius 3 is 2.90 bits per heavy atom. The summed E-state index contributed by atoms with van der Waals surface area (Å²) in [7, 11) is 0. The molecule has 0 amide bonds. The van der Waals surface area contributed by atoms with Gasteiger partial charge in [0.2, 0.25) is 0 Å². The van der Waals surface area contributed by atoms with Gasteiger partial charge in [-0.3, -0.25) is 4.79 Å². The molecular weight excluding hydrogens is 272 g/mol. The minimum Gasteiger partial charge on any atom is -0.466 e. The number of hydrogen-bond donors (Lipinski definition) is 0. The van der Waals surface area contributed by atoms with Crippen molar-refractivity contribution in [1.82, 2.24) is 4.98 Å². The van der Waals surface area contributed by atoms with E-state index in [1.165, 1.54) is 19.3 Å². The van der Waals surface area contributed by atoms with Crippen molar-refractivity contribution in [2.75, 3.05) is 18.1 Å². The van der Waals surface area contributed by atoms with Gasteiger partial charge in [0.05, 0.1) is 18.7 Å². The van der Waals surface area contributed by atoms with E-state index >= 15 is 0 Å². The number of carbonyl (C=O) groups excluding carboxylic acids is 1. The van der Waals surface area contributed by atoms with Crippen LogP contribution >= 0.6 is 11.3 Å². The van der Waals surface area contributed by atoms with E-state index in [4.69, 9.17) is 4.74 Å². The number of anilines is 1. The van der Waals surface area contributed by atoms with Crippen molar-refractivity contribution in [3.63, 3.8) is 0 Å². The van der Waals surface area contributed by atoms with Crippen molar-refractivity contribution in [2.45, 2.75) is 52.5 Å². The summed E-state index contributed by atoms with van der Waals surface area (Å²) in [5.74, 6) is 0.514. The number of esters is 1. The van der Waals surface area contributed by atoms with Gasteiger partial charge in [0.1, 0.15) is 0 Å². The van der Waals surface area contributed by atoms with Gasteiger partial charge in [0.25, 0.3) is 0 Å². The topological polar surface area (TPSA) is 42.4 Å². The zero-order chi connectivity index (χ0) is 14.5. The van der Waals surface area contributed by atoms with Gasteiger partial charge in [-0.1, -0.05) is 13.8 Å². The van der Waals surface area contributed by atoms with Crippen LogP contribution < -0.4 is 4.90 Å². The molecule has 1 aliphatic rings. The van der Waals surface area contributed by atoms with Gasteiger partial charge < -0.3 is 9.64 Å². The number of hydrogen-bond acceptors (Lipinski definition) is 5. The molecule has 20 heavy (non-hydrogen) atoms. The van der Waals surface area contributed by atoms with Crippen molar-refractivity contribution in [2.24, 2.45) is 5.92 Å². The van der Waals surface area contributed by atoms with Crippen molar-refractivity contribution < 1.29 is 9.53 Å². The third-order valence-electron chi connectivity index (χ3n) is 3.35. The van der Waals surface area contributed by atoms with Gasteiger partial charge >= 0.3 is 5.97 Å². The average Bonchev–Trinajstić information content (AvgIpc) is 3.11. The van der Waals surface area contributed by atoms with Crippen LogP contribution in [0.4, 0.5) is 5.13 Å². The Morgan fingerprint density at radius 1 is 1.55 bits per heavy atom. The van der Waals surface area contributed by atoms with E-state index in [-0.39, 0.29) is 12.4 Å². The summed E-state index contributed by atoms with van der Waals surface area (Å²) in [6.07, 6.45) is 4.01. The first-order valence-corrected chi connectivity index (χ1v) is 8.34. The standard InChI is InChI=1S/C15H24N2O2S/c1-4-19-14(18)9-12-10-20-15(16-12)17(13-5-6-13)8-7-11(2)3/h10-11,13H,4-9H2,1-3H3. The summed E-state index contributed by atoms with van der Waals surface area (Å²) in [4.78, 5) is 18.5. The first-order chi connectivity index (χ1) is 9.60. The summed E-state index contributed by atoms with van der Waals surface area (Å²) < 4.78 is 4.97.